The summed E-state index contributed by atoms with van der Waals surface area (Å²) in [5.74, 6) is 0.0338. The fourth-order valence-electron chi connectivity index (χ4n) is 2.96. The summed E-state index contributed by atoms with van der Waals surface area (Å²) in [5, 5.41) is 6.12. The van der Waals surface area contributed by atoms with Crippen LogP contribution in [0.3, 0.4) is 0 Å². The minimum Gasteiger partial charge on any atom is -0.326 e. The molecule has 156 valence electrons. The van der Waals surface area contributed by atoms with Crippen LogP contribution in [0.5, 0.6) is 0 Å². The molecule has 2 N–H and O–H groups in total. The van der Waals surface area contributed by atoms with Crippen molar-refractivity contribution in [3.8, 4) is 0 Å². The van der Waals surface area contributed by atoms with Crippen molar-refractivity contribution in [1.29, 1.82) is 0 Å². The maximum Gasteiger partial charge on any atom is 0.261 e. The van der Waals surface area contributed by atoms with E-state index < -0.39 is 0 Å². The number of aryl methyl sites for hydroxylation is 1. The number of aromatic nitrogens is 2. The van der Waals surface area contributed by atoms with Gasteiger partial charge in [-0.05, 0) is 48.4 Å². The average molecular weight is 471 g/mol. The van der Waals surface area contributed by atoms with Gasteiger partial charge in [0.15, 0.2) is 0 Å². The Bertz CT molecular complexity index is 1120. The van der Waals surface area contributed by atoms with Gasteiger partial charge in [0.1, 0.15) is 0 Å². The van der Waals surface area contributed by atoms with Gasteiger partial charge in [-0.25, -0.2) is 4.98 Å². The van der Waals surface area contributed by atoms with E-state index in [4.69, 9.17) is 0 Å². The van der Waals surface area contributed by atoms with Gasteiger partial charge in [0, 0.05) is 35.2 Å². The minimum atomic E-state index is -0.215. The number of halogens is 1. The van der Waals surface area contributed by atoms with E-state index in [9.17, 15) is 14.4 Å². The van der Waals surface area contributed by atoms with Crippen molar-refractivity contribution in [2.24, 2.45) is 5.92 Å². The molecule has 1 aromatic heterocycles. The molecule has 0 fully saturated rings. The molecule has 0 bridgehead atoms. The molecule has 3 rings (SSSR count). The molecule has 0 saturated carbocycles. The van der Waals surface area contributed by atoms with Gasteiger partial charge in [-0.2, -0.15) is 0 Å². The van der Waals surface area contributed by atoms with Crippen LogP contribution < -0.4 is 16.2 Å². The Labute approximate surface area is 182 Å². The molecule has 0 unspecified atom stereocenters. The Kier molecular flexibility index (Phi) is 6.99. The zero-order valence-corrected chi connectivity index (χ0v) is 18.4. The summed E-state index contributed by atoms with van der Waals surface area (Å²) in [7, 11) is 0. The second kappa shape index (κ2) is 9.67. The number of hydrogen-bond acceptors (Lipinski definition) is 4. The number of nitrogens with one attached hydrogen (secondary N) is 2. The van der Waals surface area contributed by atoms with Crippen LogP contribution in [0.1, 0.15) is 26.7 Å². The lowest BCUT2D eigenvalue weighted by molar-refractivity contribution is -0.117. The number of anilines is 2. The van der Waals surface area contributed by atoms with E-state index in [1.54, 1.807) is 36.4 Å². The molecule has 3 aromatic rings. The molecule has 0 saturated heterocycles. The number of rotatable bonds is 7. The molecule has 2 aromatic carbocycles. The number of benzene rings is 2. The first-order valence-corrected chi connectivity index (χ1v) is 10.5. The number of carbonyl (C=O) groups is 2. The molecule has 0 aliphatic rings. The molecular formula is C22H23BrN4O3. The highest BCUT2D eigenvalue weighted by Gasteiger charge is 2.09. The first kappa shape index (κ1) is 21.7. The van der Waals surface area contributed by atoms with Gasteiger partial charge in [-0.15, -0.1) is 0 Å². The lowest BCUT2D eigenvalue weighted by Gasteiger charge is -2.10. The number of fused-ring (bicyclic) bond motifs is 1. The topological polar surface area (TPSA) is 93.1 Å². The summed E-state index contributed by atoms with van der Waals surface area (Å²) >= 11 is 3.36. The Morgan fingerprint density at radius 2 is 1.67 bits per heavy atom. The number of carbonyl (C=O) groups excluding carboxylic acids is 2. The average Bonchev–Trinajstić information content (AvgIpc) is 2.69. The van der Waals surface area contributed by atoms with Gasteiger partial charge in [-0.3, -0.25) is 19.0 Å². The Morgan fingerprint density at radius 1 is 1.03 bits per heavy atom. The van der Waals surface area contributed by atoms with E-state index in [2.05, 4.69) is 31.5 Å². The lowest BCUT2D eigenvalue weighted by Crippen LogP contribution is -2.23. The summed E-state index contributed by atoms with van der Waals surface area (Å²) in [4.78, 5) is 40.9. The molecule has 30 heavy (non-hydrogen) atoms. The predicted octanol–water partition coefficient (Wildman–Crippen LogP) is 4.17. The van der Waals surface area contributed by atoms with Crippen molar-refractivity contribution in [2.75, 3.05) is 10.6 Å². The fraction of sp³-hybridized carbons (Fsp3) is 0.273. The van der Waals surface area contributed by atoms with Crippen LogP contribution in [0.25, 0.3) is 10.9 Å². The van der Waals surface area contributed by atoms with E-state index in [0.29, 0.717) is 28.7 Å². The van der Waals surface area contributed by atoms with Gasteiger partial charge in [0.2, 0.25) is 11.8 Å². The molecule has 1 heterocycles. The van der Waals surface area contributed by atoms with Gasteiger partial charge < -0.3 is 10.6 Å². The van der Waals surface area contributed by atoms with Crippen LogP contribution in [-0.4, -0.2) is 21.4 Å². The highest BCUT2D eigenvalue weighted by Crippen LogP contribution is 2.16. The van der Waals surface area contributed by atoms with Gasteiger partial charge >= 0.3 is 0 Å². The van der Waals surface area contributed by atoms with E-state index >= 15 is 0 Å². The van der Waals surface area contributed by atoms with Crippen molar-refractivity contribution in [3.05, 3.63) is 63.6 Å². The summed E-state index contributed by atoms with van der Waals surface area (Å²) in [6.07, 6.45) is 2.05. The Balaban J connectivity index is 1.57. The van der Waals surface area contributed by atoms with Gasteiger partial charge in [0.25, 0.3) is 5.56 Å². The molecule has 7 nitrogen and oxygen atoms in total. The number of nitrogens with zero attached hydrogens (tertiary/aromatic N) is 2. The first-order chi connectivity index (χ1) is 14.3. The highest BCUT2D eigenvalue weighted by atomic mass is 79.9. The van der Waals surface area contributed by atoms with Crippen LogP contribution >= 0.6 is 15.9 Å². The quantitative estimate of drug-likeness (QED) is 0.541. The highest BCUT2D eigenvalue weighted by molar-refractivity contribution is 9.10. The summed E-state index contributed by atoms with van der Waals surface area (Å²) in [5.41, 5.74) is 1.73. The second-order valence-electron chi connectivity index (χ2n) is 7.43. The monoisotopic (exact) mass is 470 g/mol. The lowest BCUT2D eigenvalue weighted by atomic mass is 10.1. The fourth-order valence-corrected chi connectivity index (χ4v) is 3.32. The van der Waals surface area contributed by atoms with Crippen LogP contribution in [0.4, 0.5) is 11.4 Å². The largest absolute Gasteiger partial charge is 0.326 e. The summed E-state index contributed by atoms with van der Waals surface area (Å²) in [6, 6.07) is 12.3. The molecule has 0 aliphatic heterocycles. The van der Waals surface area contributed by atoms with Crippen molar-refractivity contribution in [1.82, 2.24) is 9.55 Å². The SMILES string of the molecule is CC(C)CC(=O)Nc1ccc(NC(=O)CCn2cnc3ccc(Br)cc3c2=O)cc1. The number of amides is 2. The maximum atomic E-state index is 12.6. The third-order valence-electron chi connectivity index (χ3n) is 4.41. The van der Waals surface area contributed by atoms with Crippen LogP contribution in [0.15, 0.2) is 58.1 Å². The molecule has 0 spiro atoms. The Hall–Kier alpha value is -3.00. The summed E-state index contributed by atoms with van der Waals surface area (Å²) in [6.45, 7) is 4.20. The van der Waals surface area contributed by atoms with Gasteiger partial charge in [-0.1, -0.05) is 29.8 Å². The molecule has 2 amide bonds. The van der Waals surface area contributed by atoms with E-state index in [0.717, 1.165) is 4.47 Å². The maximum absolute atomic E-state index is 12.6. The van der Waals surface area contributed by atoms with Crippen LogP contribution in [0.2, 0.25) is 0 Å². The molecule has 0 radical (unpaired) electrons. The number of hydrogen-bond donors (Lipinski definition) is 2. The standard InChI is InChI=1S/C22H23BrN4O3/c1-14(2)11-21(29)26-17-6-4-16(5-7-17)25-20(28)9-10-27-13-24-19-8-3-15(23)12-18(19)22(27)30/h3-8,12-14H,9-11H2,1-2H3,(H,25,28)(H,26,29). The van der Waals surface area contributed by atoms with Crippen molar-refractivity contribution in [2.45, 2.75) is 33.2 Å². The molecule has 0 aliphatic carbocycles. The zero-order valence-electron chi connectivity index (χ0n) is 16.8. The van der Waals surface area contributed by atoms with Crippen molar-refractivity contribution < 1.29 is 9.59 Å². The summed E-state index contributed by atoms with van der Waals surface area (Å²) < 4.78 is 2.23. The normalized spacial score (nSPS) is 10.9. The third-order valence-corrected chi connectivity index (χ3v) is 4.91. The van der Waals surface area contributed by atoms with Gasteiger partial charge in [0.05, 0.1) is 17.2 Å². The minimum absolute atomic E-state index is 0.0387. The van der Waals surface area contributed by atoms with E-state index in [1.165, 1.54) is 10.9 Å². The predicted molar refractivity (Wildman–Crippen MR) is 121 cm³/mol. The molecular weight excluding hydrogens is 448 g/mol. The Morgan fingerprint density at radius 3 is 2.30 bits per heavy atom. The first-order valence-electron chi connectivity index (χ1n) is 9.66. The smallest absolute Gasteiger partial charge is 0.261 e. The van der Waals surface area contributed by atoms with Crippen molar-refractivity contribution >= 4 is 50.0 Å². The van der Waals surface area contributed by atoms with E-state index in [-0.39, 0.29) is 36.3 Å². The molecule has 0 atom stereocenters. The zero-order chi connectivity index (χ0) is 21.7. The second-order valence-corrected chi connectivity index (χ2v) is 8.34. The van der Waals surface area contributed by atoms with Crippen LogP contribution in [-0.2, 0) is 16.1 Å². The third kappa shape index (κ3) is 5.76. The molecule has 8 heteroatoms. The van der Waals surface area contributed by atoms with E-state index in [1.807, 2.05) is 19.9 Å². The van der Waals surface area contributed by atoms with Crippen molar-refractivity contribution in [3.63, 3.8) is 0 Å². The van der Waals surface area contributed by atoms with Crippen LogP contribution in [0, 0.1) is 5.92 Å².